The van der Waals surface area contributed by atoms with Gasteiger partial charge in [0, 0.05) is 12.1 Å². The van der Waals surface area contributed by atoms with E-state index >= 15 is 0 Å². The molecule has 0 bridgehead atoms. The summed E-state index contributed by atoms with van der Waals surface area (Å²) in [6, 6.07) is 0.519. The molecule has 21 heavy (non-hydrogen) atoms. The second-order valence-corrected chi connectivity index (χ2v) is 6.43. The van der Waals surface area contributed by atoms with Gasteiger partial charge in [-0.2, -0.15) is 0 Å². The second kappa shape index (κ2) is 6.46. The number of rotatable bonds is 4. The van der Waals surface area contributed by atoms with Crippen molar-refractivity contribution in [1.82, 2.24) is 10.6 Å². The first kappa shape index (κ1) is 14.4. The summed E-state index contributed by atoms with van der Waals surface area (Å²) in [7, 11) is 0. The Hall–Kier alpha value is -1.58. The minimum absolute atomic E-state index is 0.0685. The molecule has 4 atom stereocenters. The Kier molecular flexibility index (Phi) is 4.42. The quantitative estimate of drug-likeness (QED) is 0.778. The van der Waals surface area contributed by atoms with Crippen LogP contribution in [0.1, 0.15) is 44.9 Å². The van der Waals surface area contributed by atoms with E-state index in [1.54, 1.807) is 0 Å². The molecule has 2 amide bonds. The predicted molar refractivity (Wildman–Crippen MR) is 81.4 cm³/mol. The molecule has 0 heterocycles. The maximum atomic E-state index is 12.2. The Bertz CT molecular complexity index is 427. The molecule has 3 rings (SSSR count). The second-order valence-electron chi connectivity index (χ2n) is 6.43. The highest BCUT2D eigenvalue weighted by molar-refractivity contribution is 5.92. The van der Waals surface area contributed by atoms with Gasteiger partial charge in [-0.25, -0.2) is 0 Å². The van der Waals surface area contributed by atoms with Crippen molar-refractivity contribution in [2.24, 2.45) is 11.8 Å². The van der Waals surface area contributed by atoms with Gasteiger partial charge in [0.1, 0.15) is 0 Å². The molecule has 0 aromatic carbocycles. The largest absolute Gasteiger partial charge is 0.353 e. The minimum Gasteiger partial charge on any atom is -0.353 e. The fourth-order valence-electron chi connectivity index (χ4n) is 3.24. The highest BCUT2D eigenvalue weighted by Crippen LogP contribution is 2.39. The van der Waals surface area contributed by atoms with E-state index in [4.69, 9.17) is 0 Å². The molecule has 0 saturated heterocycles. The summed E-state index contributed by atoms with van der Waals surface area (Å²) in [5, 5.41) is 6.18. The van der Waals surface area contributed by atoms with Crippen LogP contribution in [-0.4, -0.2) is 23.9 Å². The Morgan fingerprint density at radius 2 is 1.24 bits per heavy atom. The van der Waals surface area contributed by atoms with Crippen LogP contribution in [0.25, 0.3) is 0 Å². The van der Waals surface area contributed by atoms with Crippen LogP contribution < -0.4 is 10.6 Å². The first-order valence-corrected chi connectivity index (χ1v) is 8.15. The summed E-state index contributed by atoms with van der Waals surface area (Å²) in [6.45, 7) is 0. The average molecular weight is 288 g/mol. The molecule has 4 nitrogen and oxygen atoms in total. The molecular formula is C17H24N2O2. The lowest BCUT2D eigenvalue weighted by Gasteiger charge is -2.20. The molecule has 2 N–H and O–H groups in total. The van der Waals surface area contributed by atoms with E-state index in [1.165, 1.54) is 0 Å². The third kappa shape index (κ3) is 3.74. The van der Waals surface area contributed by atoms with Crippen LogP contribution in [0.4, 0.5) is 0 Å². The van der Waals surface area contributed by atoms with E-state index < -0.39 is 0 Å². The Morgan fingerprint density at radius 1 is 0.762 bits per heavy atom. The molecule has 0 aliphatic heterocycles. The van der Waals surface area contributed by atoms with Crippen LogP contribution in [0, 0.1) is 11.8 Å². The van der Waals surface area contributed by atoms with Gasteiger partial charge in [0.2, 0.25) is 11.8 Å². The third-order valence-electron chi connectivity index (χ3n) is 4.69. The Morgan fingerprint density at radius 3 is 1.62 bits per heavy atom. The van der Waals surface area contributed by atoms with Gasteiger partial charge < -0.3 is 10.6 Å². The fourth-order valence-corrected chi connectivity index (χ4v) is 3.24. The summed E-state index contributed by atoms with van der Waals surface area (Å²) in [6.07, 6.45) is 15.2. The standard InChI is InChI=1S/C17H24N2O2/c20-16(18-12-7-3-1-4-8-12)14-11-15(14)17(21)19-13-9-5-2-6-10-13/h1-3,5,12-15H,4,6-11H2,(H,18,20)(H,19,21)/t12-,13-,14-,15-/m1/s1. The lowest BCUT2D eigenvalue weighted by Crippen LogP contribution is -2.39. The Balaban J connectivity index is 1.42. The summed E-state index contributed by atoms with van der Waals surface area (Å²) in [4.78, 5) is 24.3. The van der Waals surface area contributed by atoms with Gasteiger partial charge in [-0.05, 0) is 44.9 Å². The maximum Gasteiger partial charge on any atom is 0.224 e. The smallest absolute Gasteiger partial charge is 0.224 e. The van der Waals surface area contributed by atoms with Crippen LogP contribution in [-0.2, 0) is 9.59 Å². The van der Waals surface area contributed by atoms with Gasteiger partial charge in [-0.3, -0.25) is 9.59 Å². The monoisotopic (exact) mass is 288 g/mol. The number of allylic oxidation sites excluding steroid dienone is 2. The van der Waals surface area contributed by atoms with Gasteiger partial charge in [0.05, 0.1) is 11.8 Å². The van der Waals surface area contributed by atoms with Crippen LogP contribution in [0.3, 0.4) is 0 Å². The minimum atomic E-state index is -0.102. The Labute approximate surface area is 126 Å². The molecule has 0 radical (unpaired) electrons. The summed E-state index contributed by atoms with van der Waals surface area (Å²) in [5.74, 6) is -0.0666. The van der Waals surface area contributed by atoms with Crippen molar-refractivity contribution >= 4 is 11.8 Å². The van der Waals surface area contributed by atoms with Crippen LogP contribution in [0.15, 0.2) is 24.3 Å². The van der Waals surface area contributed by atoms with Gasteiger partial charge in [0.15, 0.2) is 0 Å². The van der Waals surface area contributed by atoms with Crippen molar-refractivity contribution in [2.75, 3.05) is 0 Å². The van der Waals surface area contributed by atoms with E-state index in [2.05, 4.69) is 34.9 Å². The SMILES string of the molecule is O=C(N[C@@H]1CC=CCC1)[C@@H]1C[C@H]1C(=O)N[C@@H]1CC=CCC1. The molecule has 3 aliphatic carbocycles. The molecule has 4 heteroatoms. The van der Waals surface area contributed by atoms with E-state index in [0.29, 0.717) is 6.42 Å². The molecule has 0 spiro atoms. The van der Waals surface area contributed by atoms with E-state index in [1.807, 2.05) is 0 Å². The van der Waals surface area contributed by atoms with Gasteiger partial charge in [-0.1, -0.05) is 24.3 Å². The molecule has 0 aromatic rings. The number of carbonyl (C=O) groups is 2. The number of hydrogen-bond acceptors (Lipinski definition) is 2. The summed E-state index contributed by atoms with van der Waals surface area (Å²) < 4.78 is 0. The molecular weight excluding hydrogens is 264 g/mol. The highest BCUT2D eigenvalue weighted by atomic mass is 16.2. The predicted octanol–water partition coefficient (Wildman–Crippen LogP) is 2.07. The molecule has 0 aromatic heterocycles. The normalized spacial score (nSPS) is 34.3. The molecule has 114 valence electrons. The van der Waals surface area contributed by atoms with Crippen molar-refractivity contribution in [2.45, 2.75) is 57.0 Å². The van der Waals surface area contributed by atoms with Crippen LogP contribution in [0.2, 0.25) is 0 Å². The van der Waals surface area contributed by atoms with E-state index in [-0.39, 0.29) is 35.7 Å². The molecule has 3 aliphatic rings. The van der Waals surface area contributed by atoms with Crippen molar-refractivity contribution in [3.05, 3.63) is 24.3 Å². The first-order chi connectivity index (χ1) is 10.2. The number of carbonyl (C=O) groups excluding carboxylic acids is 2. The summed E-state index contributed by atoms with van der Waals surface area (Å²) in [5.41, 5.74) is 0. The average Bonchev–Trinajstić information content (AvgIpc) is 3.30. The lowest BCUT2D eigenvalue weighted by atomic mass is 10.0. The van der Waals surface area contributed by atoms with Gasteiger partial charge in [-0.15, -0.1) is 0 Å². The lowest BCUT2D eigenvalue weighted by molar-refractivity contribution is -0.128. The van der Waals surface area contributed by atoms with Crippen molar-refractivity contribution in [3.63, 3.8) is 0 Å². The van der Waals surface area contributed by atoms with E-state index in [0.717, 1.165) is 38.5 Å². The molecule has 1 saturated carbocycles. The van der Waals surface area contributed by atoms with Crippen molar-refractivity contribution in [1.29, 1.82) is 0 Å². The number of amides is 2. The highest BCUT2D eigenvalue weighted by Gasteiger charge is 2.48. The van der Waals surface area contributed by atoms with Gasteiger partial charge >= 0.3 is 0 Å². The van der Waals surface area contributed by atoms with E-state index in [9.17, 15) is 9.59 Å². The fraction of sp³-hybridized carbons (Fsp3) is 0.647. The molecule has 1 fully saturated rings. The maximum absolute atomic E-state index is 12.2. The van der Waals surface area contributed by atoms with Crippen molar-refractivity contribution < 1.29 is 9.59 Å². The number of nitrogens with one attached hydrogen (secondary N) is 2. The number of hydrogen-bond donors (Lipinski definition) is 2. The zero-order valence-corrected chi connectivity index (χ0v) is 12.4. The van der Waals surface area contributed by atoms with Gasteiger partial charge in [0.25, 0.3) is 0 Å². The van der Waals surface area contributed by atoms with Crippen LogP contribution in [0.5, 0.6) is 0 Å². The zero-order valence-electron chi connectivity index (χ0n) is 12.4. The van der Waals surface area contributed by atoms with Crippen LogP contribution >= 0.6 is 0 Å². The topological polar surface area (TPSA) is 58.2 Å². The third-order valence-corrected chi connectivity index (χ3v) is 4.69. The zero-order chi connectivity index (χ0) is 14.7. The molecule has 0 unspecified atom stereocenters. The first-order valence-electron chi connectivity index (χ1n) is 8.15. The van der Waals surface area contributed by atoms with Crippen molar-refractivity contribution in [3.8, 4) is 0 Å². The summed E-state index contributed by atoms with van der Waals surface area (Å²) >= 11 is 0.